The smallest absolute Gasteiger partial charge is 0.488 e. The third kappa shape index (κ3) is 6.17. The molecule has 1 aliphatic carbocycles. The molecule has 2 aromatic carbocycles. The molecule has 9 nitrogen and oxygen atoms in total. The van der Waals surface area contributed by atoms with Crippen LogP contribution in [0, 0.1) is 31.6 Å². The summed E-state index contributed by atoms with van der Waals surface area (Å²) >= 11 is 0. The van der Waals surface area contributed by atoms with Gasteiger partial charge in [0.15, 0.2) is 0 Å². The predicted octanol–water partition coefficient (Wildman–Crippen LogP) is 1.99. The number of nitrogens with zero attached hydrogens (tertiary/aromatic N) is 1. The summed E-state index contributed by atoms with van der Waals surface area (Å²) in [5, 5.41) is 51.1. The maximum absolute atomic E-state index is 13.7. The quantitative estimate of drug-likeness (QED) is 0.168. The fraction of sp³-hybridized carbons (Fsp3) is 0.419. The third-order valence-corrected chi connectivity index (χ3v) is 8.22. The number of ether oxygens (including phenoxy) is 1. The first-order valence-electron chi connectivity index (χ1n) is 13.8. The van der Waals surface area contributed by atoms with Gasteiger partial charge in [0.1, 0.15) is 5.75 Å². The molecular weight excluding hydrogens is 525 g/mol. The van der Waals surface area contributed by atoms with Gasteiger partial charge in [-0.05, 0) is 97.6 Å². The van der Waals surface area contributed by atoms with E-state index in [0.717, 1.165) is 27.2 Å². The molecule has 218 valence electrons. The van der Waals surface area contributed by atoms with Crippen LogP contribution >= 0.6 is 0 Å². The van der Waals surface area contributed by atoms with Crippen LogP contribution in [0.4, 0.5) is 5.69 Å². The number of rotatable bonds is 10. The average Bonchev–Trinajstić information content (AvgIpc) is 3.18. The summed E-state index contributed by atoms with van der Waals surface area (Å²) in [5.74, 6) is -3.00. The van der Waals surface area contributed by atoms with E-state index in [4.69, 9.17) is 4.74 Å². The molecule has 2 aliphatic rings. The maximum atomic E-state index is 13.7. The predicted molar refractivity (Wildman–Crippen MR) is 156 cm³/mol. The van der Waals surface area contributed by atoms with E-state index < -0.39 is 49.4 Å². The van der Waals surface area contributed by atoms with Gasteiger partial charge in [0.25, 0.3) is 0 Å². The minimum absolute atomic E-state index is 0.145. The fourth-order valence-corrected chi connectivity index (χ4v) is 6.29. The van der Waals surface area contributed by atoms with Gasteiger partial charge in [0.2, 0.25) is 11.8 Å². The molecule has 41 heavy (non-hydrogen) atoms. The van der Waals surface area contributed by atoms with Crippen molar-refractivity contribution in [3.8, 4) is 5.75 Å². The number of carbonyl (C=O) groups excluding carboxylic acids is 2. The Morgan fingerprint density at radius 2 is 1.83 bits per heavy atom. The molecule has 5 N–H and O–H groups in total. The molecule has 1 aliphatic heterocycles. The van der Waals surface area contributed by atoms with Crippen LogP contribution < -0.4 is 10.4 Å². The number of methoxy groups -OCH3 is 1. The van der Waals surface area contributed by atoms with Crippen LogP contribution in [0.5, 0.6) is 5.75 Å². The second kappa shape index (κ2) is 12.7. The van der Waals surface area contributed by atoms with E-state index in [1.54, 1.807) is 6.07 Å². The number of phenols is 1. The van der Waals surface area contributed by atoms with Gasteiger partial charge in [-0.25, -0.2) is 0 Å². The molecular formula is C31H38BNO8. The highest BCUT2D eigenvalue weighted by Gasteiger charge is 2.55. The second-order valence-electron chi connectivity index (χ2n) is 11.1. The van der Waals surface area contributed by atoms with Gasteiger partial charge in [0, 0.05) is 13.0 Å². The van der Waals surface area contributed by atoms with Gasteiger partial charge in [-0.2, -0.15) is 0 Å². The number of aliphatic hydroxyl groups is 2. The minimum Gasteiger partial charge on any atom is -0.507 e. The molecule has 0 aromatic heterocycles. The Morgan fingerprint density at radius 1 is 1.15 bits per heavy atom. The van der Waals surface area contributed by atoms with E-state index in [1.807, 2.05) is 39.0 Å². The molecule has 0 spiro atoms. The van der Waals surface area contributed by atoms with Crippen LogP contribution in [-0.2, 0) is 14.3 Å². The van der Waals surface area contributed by atoms with E-state index in [9.17, 15) is 35.0 Å². The number of amides is 2. The van der Waals surface area contributed by atoms with Crippen molar-refractivity contribution in [2.75, 3.05) is 25.2 Å². The third-order valence-electron chi connectivity index (χ3n) is 8.22. The van der Waals surface area contributed by atoms with Crippen molar-refractivity contribution in [1.82, 2.24) is 0 Å². The molecule has 1 saturated heterocycles. The number of hydrogen-bond donors (Lipinski definition) is 5. The summed E-state index contributed by atoms with van der Waals surface area (Å²) in [7, 11) is -0.239. The molecule has 10 heteroatoms. The standard InChI is InChI=1S/C31H38BNO8/c1-17(10-20-11-18(2)29(36)19(3)12-20)8-9-26(35)27-21(16-41-4)13-24-28(25(27)15-34)31(38)33(30(24)37)23-7-5-6-22(14-23)32(39)40/h5-7,10-12,14,24-26,28,34-36,39-40H,8-9,13,15-16H2,1-4H3/b17-10+/t24-,25+,26-,28-/m1/s1. The van der Waals surface area contributed by atoms with Crippen molar-refractivity contribution in [3.63, 3.8) is 0 Å². The monoisotopic (exact) mass is 563 g/mol. The van der Waals surface area contributed by atoms with Crippen LogP contribution in [0.15, 0.2) is 53.1 Å². The van der Waals surface area contributed by atoms with Crippen LogP contribution in [0.2, 0.25) is 0 Å². The molecule has 4 rings (SSSR count). The lowest BCUT2D eigenvalue weighted by molar-refractivity contribution is -0.123. The molecule has 2 amide bonds. The molecule has 0 radical (unpaired) electrons. The Morgan fingerprint density at radius 3 is 2.44 bits per heavy atom. The number of aromatic hydroxyl groups is 1. The normalized spacial score (nSPS) is 21.9. The molecule has 0 unspecified atom stereocenters. The lowest BCUT2D eigenvalue weighted by atomic mass is 9.68. The van der Waals surface area contributed by atoms with Gasteiger partial charge in [0.05, 0.1) is 36.8 Å². The fourth-order valence-electron chi connectivity index (χ4n) is 6.29. The van der Waals surface area contributed by atoms with Crippen molar-refractivity contribution in [3.05, 3.63) is 69.8 Å². The maximum Gasteiger partial charge on any atom is 0.488 e. The van der Waals surface area contributed by atoms with Crippen molar-refractivity contribution >= 4 is 36.2 Å². The number of aliphatic hydroxyl groups excluding tert-OH is 2. The number of carbonyl (C=O) groups is 2. The molecule has 1 fully saturated rings. The minimum atomic E-state index is -1.76. The summed E-state index contributed by atoms with van der Waals surface area (Å²) in [5.41, 5.74) is 5.15. The first-order valence-corrected chi connectivity index (χ1v) is 13.8. The lowest BCUT2D eigenvalue weighted by Crippen LogP contribution is -2.39. The van der Waals surface area contributed by atoms with Gasteiger partial charge in [-0.1, -0.05) is 23.8 Å². The van der Waals surface area contributed by atoms with Crippen LogP contribution in [0.3, 0.4) is 0 Å². The number of allylic oxidation sites excluding steroid dienone is 1. The zero-order valence-electron chi connectivity index (χ0n) is 23.9. The van der Waals surface area contributed by atoms with Crippen LogP contribution in [0.1, 0.15) is 42.9 Å². The highest BCUT2D eigenvalue weighted by Crippen LogP contribution is 2.47. The molecule has 1 heterocycles. The Hall–Kier alpha value is -3.28. The first kappa shape index (κ1) is 30.7. The van der Waals surface area contributed by atoms with E-state index in [1.165, 1.54) is 25.3 Å². The Balaban J connectivity index is 1.59. The van der Waals surface area contributed by atoms with E-state index in [-0.39, 0.29) is 29.9 Å². The Labute approximate surface area is 240 Å². The summed E-state index contributed by atoms with van der Waals surface area (Å²) in [4.78, 5) is 28.3. The van der Waals surface area contributed by atoms with E-state index in [0.29, 0.717) is 24.0 Å². The van der Waals surface area contributed by atoms with Crippen molar-refractivity contribution < 1.29 is 39.7 Å². The number of fused-ring (bicyclic) bond motifs is 1. The summed E-state index contributed by atoms with van der Waals surface area (Å²) in [6, 6.07) is 9.76. The average molecular weight is 563 g/mol. The Kier molecular flexibility index (Phi) is 9.51. The van der Waals surface area contributed by atoms with Crippen LogP contribution in [-0.4, -0.2) is 70.7 Å². The number of hydrogen-bond acceptors (Lipinski definition) is 8. The number of anilines is 1. The topological polar surface area (TPSA) is 148 Å². The highest BCUT2D eigenvalue weighted by molar-refractivity contribution is 6.58. The molecule has 0 saturated carbocycles. The SMILES string of the molecule is COCC1=C([C@H](O)CC/C(C)=C/c2cc(C)c(O)c(C)c2)[C@H](CO)[C@@H]2C(=O)N(c3cccc(B(O)O)c3)C(=O)[C@@H]2C1. The number of aryl methyl sites for hydroxylation is 2. The van der Waals surface area contributed by atoms with E-state index >= 15 is 0 Å². The van der Waals surface area contributed by atoms with Gasteiger partial charge in [-0.15, -0.1) is 0 Å². The van der Waals surface area contributed by atoms with Crippen molar-refractivity contribution in [2.24, 2.45) is 17.8 Å². The number of benzene rings is 2. The number of phenolic OH excluding ortho intramolecular Hbond substituents is 1. The van der Waals surface area contributed by atoms with Gasteiger partial charge >= 0.3 is 7.12 Å². The largest absolute Gasteiger partial charge is 0.507 e. The van der Waals surface area contributed by atoms with Crippen LogP contribution in [0.25, 0.3) is 6.08 Å². The zero-order valence-corrected chi connectivity index (χ0v) is 23.9. The zero-order chi connectivity index (χ0) is 30.0. The summed E-state index contributed by atoms with van der Waals surface area (Å²) in [6.45, 7) is 5.38. The lowest BCUT2D eigenvalue weighted by Gasteiger charge is -2.36. The van der Waals surface area contributed by atoms with Crippen molar-refractivity contribution in [1.29, 1.82) is 0 Å². The first-order chi connectivity index (χ1) is 19.5. The number of imide groups is 1. The highest BCUT2D eigenvalue weighted by atomic mass is 16.5. The Bertz CT molecular complexity index is 1360. The van der Waals surface area contributed by atoms with Gasteiger partial charge in [-0.3, -0.25) is 14.5 Å². The molecule has 0 bridgehead atoms. The summed E-state index contributed by atoms with van der Waals surface area (Å²) in [6.07, 6.45) is 2.15. The summed E-state index contributed by atoms with van der Waals surface area (Å²) < 4.78 is 5.41. The molecule has 4 atom stereocenters. The van der Waals surface area contributed by atoms with E-state index in [2.05, 4.69) is 0 Å². The van der Waals surface area contributed by atoms with Gasteiger partial charge < -0.3 is 30.1 Å². The van der Waals surface area contributed by atoms with Crippen molar-refractivity contribution in [2.45, 2.75) is 46.1 Å². The molecule has 2 aromatic rings. The second-order valence-corrected chi connectivity index (χ2v) is 11.1.